The number of benzene rings is 1. The molecule has 1 aromatic carbocycles. The van der Waals surface area contributed by atoms with Gasteiger partial charge in [0.15, 0.2) is 0 Å². The summed E-state index contributed by atoms with van der Waals surface area (Å²) in [6, 6.07) is 4.55. The van der Waals surface area contributed by atoms with Gasteiger partial charge < -0.3 is 4.90 Å². The molecular formula is C13H18FNO. The summed E-state index contributed by atoms with van der Waals surface area (Å²) in [7, 11) is 1.86. The number of carbonyl (C=O) groups excluding carboxylic acids is 1. The van der Waals surface area contributed by atoms with Gasteiger partial charge >= 0.3 is 0 Å². The summed E-state index contributed by atoms with van der Waals surface area (Å²) in [6.45, 7) is 6.17. The molecule has 1 rings (SSSR count). The lowest BCUT2D eigenvalue weighted by Gasteiger charge is -2.37. The summed E-state index contributed by atoms with van der Waals surface area (Å²) in [5.74, 6) is -0.353. The Morgan fingerprint density at radius 1 is 1.44 bits per heavy atom. The average molecular weight is 223 g/mol. The van der Waals surface area contributed by atoms with Crippen LogP contribution in [0.5, 0.6) is 0 Å². The minimum atomic E-state index is -0.353. The first kappa shape index (κ1) is 12.7. The zero-order valence-corrected chi connectivity index (χ0v) is 10.2. The summed E-state index contributed by atoms with van der Waals surface area (Å²) < 4.78 is 13.8. The number of rotatable bonds is 4. The van der Waals surface area contributed by atoms with Crippen molar-refractivity contribution in [2.75, 3.05) is 11.9 Å². The van der Waals surface area contributed by atoms with Gasteiger partial charge in [-0.1, -0.05) is 6.92 Å². The van der Waals surface area contributed by atoms with E-state index in [0.29, 0.717) is 17.5 Å². The van der Waals surface area contributed by atoms with E-state index in [0.717, 1.165) is 6.42 Å². The molecule has 0 N–H and O–H groups in total. The van der Waals surface area contributed by atoms with Gasteiger partial charge in [-0.2, -0.15) is 0 Å². The normalized spacial score (nSPS) is 11.3. The molecule has 0 saturated carbocycles. The number of anilines is 1. The van der Waals surface area contributed by atoms with Crippen molar-refractivity contribution in [2.24, 2.45) is 0 Å². The van der Waals surface area contributed by atoms with Crippen LogP contribution in [0.1, 0.15) is 37.6 Å². The van der Waals surface area contributed by atoms with Crippen LogP contribution < -0.4 is 4.90 Å². The highest BCUT2D eigenvalue weighted by molar-refractivity contribution is 5.76. The molecule has 0 spiro atoms. The van der Waals surface area contributed by atoms with Gasteiger partial charge in [-0.3, -0.25) is 4.79 Å². The molecule has 16 heavy (non-hydrogen) atoms. The predicted molar refractivity (Wildman–Crippen MR) is 64.6 cm³/mol. The first-order chi connectivity index (χ1) is 7.42. The number of hydrogen-bond acceptors (Lipinski definition) is 2. The van der Waals surface area contributed by atoms with Crippen LogP contribution in [-0.4, -0.2) is 18.9 Å². The Morgan fingerprint density at radius 3 is 2.50 bits per heavy atom. The van der Waals surface area contributed by atoms with E-state index >= 15 is 0 Å². The molecule has 0 fully saturated rings. The fourth-order valence-electron chi connectivity index (χ4n) is 1.43. The van der Waals surface area contributed by atoms with E-state index in [1.54, 1.807) is 12.1 Å². The van der Waals surface area contributed by atoms with Crippen molar-refractivity contribution in [2.45, 2.75) is 32.7 Å². The molecule has 0 amide bonds. The van der Waals surface area contributed by atoms with Gasteiger partial charge in [-0.15, -0.1) is 0 Å². The number of nitrogens with zero attached hydrogens (tertiary/aromatic N) is 1. The van der Waals surface area contributed by atoms with E-state index in [1.165, 1.54) is 6.07 Å². The SMILES string of the molecule is CCC(C)(C)N(C)c1ccc(C=O)cc1F. The molecule has 88 valence electrons. The second-order valence-corrected chi connectivity index (χ2v) is 4.55. The van der Waals surface area contributed by atoms with E-state index in [4.69, 9.17) is 0 Å². The second kappa shape index (κ2) is 4.64. The zero-order valence-electron chi connectivity index (χ0n) is 10.2. The maximum absolute atomic E-state index is 13.8. The van der Waals surface area contributed by atoms with Crippen molar-refractivity contribution in [3.05, 3.63) is 29.6 Å². The molecule has 0 radical (unpaired) electrons. The van der Waals surface area contributed by atoms with Crippen molar-refractivity contribution in [1.29, 1.82) is 0 Å². The summed E-state index contributed by atoms with van der Waals surface area (Å²) in [5, 5.41) is 0. The Labute approximate surface area is 96.1 Å². The first-order valence-corrected chi connectivity index (χ1v) is 5.41. The largest absolute Gasteiger partial charge is 0.367 e. The summed E-state index contributed by atoms with van der Waals surface area (Å²) in [4.78, 5) is 12.4. The van der Waals surface area contributed by atoms with Gasteiger partial charge in [0.2, 0.25) is 0 Å². The third-order valence-corrected chi connectivity index (χ3v) is 3.24. The van der Waals surface area contributed by atoms with Crippen LogP contribution >= 0.6 is 0 Å². The maximum Gasteiger partial charge on any atom is 0.150 e. The van der Waals surface area contributed by atoms with Gasteiger partial charge in [-0.05, 0) is 38.5 Å². The third-order valence-electron chi connectivity index (χ3n) is 3.24. The zero-order chi connectivity index (χ0) is 12.3. The smallest absolute Gasteiger partial charge is 0.150 e. The van der Waals surface area contributed by atoms with Crippen LogP contribution in [0.25, 0.3) is 0 Å². The Bertz CT molecular complexity index is 388. The highest BCUT2D eigenvalue weighted by Gasteiger charge is 2.23. The monoisotopic (exact) mass is 223 g/mol. The predicted octanol–water partition coefficient (Wildman–Crippen LogP) is 3.26. The number of hydrogen-bond donors (Lipinski definition) is 0. The first-order valence-electron chi connectivity index (χ1n) is 5.41. The Morgan fingerprint density at radius 2 is 2.06 bits per heavy atom. The Balaban J connectivity index is 3.09. The van der Waals surface area contributed by atoms with Gasteiger partial charge in [-0.25, -0.2) is 4.39 Å². The fourth-order valence-corrected chi connectivity index (χ4v) is 1.43. The van der Waals surface area contributed by atoms with Gasteiger partial charge in [0.05, 0.1) is 5.69 Å². The number of carbonyl (C=O) groups is 1. The molecule has 2 nitrogen and oxygen atoms in total. The van der Waals surface area contributed by atoms with Crippen molar-refractivity contribution < 1.29 is 9.18 Å². The van der Waals surface area contributed by atoms with Crippen molar-refractivity contribution in [3.63, 3.8) is 0 Å². The highest BCUT2D eigenvalue weighted by atomic mass is 19.1. The van der Waals surface area contributed by atoms with Crippen LogP contribution in [0, 0.1) is 5.82 Å². The van der Waals surface area contributed by atoms with E-state index in [-0.39, 0.29) is 11.4 Å². The fraction of sp³-hybridized carbons (Fsp3) is 0.462. The van der Waals surface area contributed by atoms with Crippen LogP contribution in [0.15, 0.2) is 18.2 Å². The molecule has 0 aromatic heterocycles. The van der Waals surface area contributed by atoms with Crippen LogP contribution in [0.4, 0.5) is 10.1 Å². The van der Waals surface area contributed by atoms with Crippen molar-refractivity contribution in [3.8, 4) is 0 Å². The van der Waals surface area contributed by atoms with Crippen LogP contribution in [0.2, 0.25) is 0 Å². The van der Waals surface area contributed by atoms with Crippen LogP contribution in [0.3, 0.4) is 0 Å². The lowest BCUT2D eigenvalue weighted by molar-refractivity contribution is 0.112. The Hall–Kier alpha value is -1.38. The second-order valence-electron chi connectivity index (χ2n) is 4.55. The molecule has 0 atom stereocenters. The maximum atomic E-state index is 13.8. The van der Waals surface area contributed by atoms with E-state index in [9.17, 15) is 9.18 Å². The molecule has 0 heterocycles. The van der Waals surface area contributed by atoms with Gasteiger partial charge in [0, 0.05) is 18.2 Å². The molecule has 0 aliphatic carbocycles. The molecule has 0 aliphatic heterocycles. The summed E-state index contributed by atoms with van der Waals surface area (Å²) in [6.07, 6.45) is 1.57. The molecule has 0 aliphatic rings. The lowest BCUT2D eigenvalue weighted by Crippen LogP contribution is -2.41. The highest BCUT2D eigenvalue weighted by Crippen LogP contribution is 2.27. The molecule has 0 saturated heterocycles. The summed E-state index contributed by atoms with van der Waals surface area (Å²) in [5.41, 5.74) is 0.783. The van der Waals surface area contributed by atoms with Crippen molar-refractivity contribution in [1.82, 2.24) is 0 Å². The number of halogens is 1. The molecule has 0 unspecified atom stereocenters. The van der Waals surface area contributed by atoms with E-state index < -0.39 is 0 Å². The number of aldehydes is 1. The van der Waals surface area contributed by atoms with Gasteiger partial charge in [0.25, 0.3) is 0 Å². The minimum Gasteiger partial charge on any atom is -0.367 e. The molecular weight excluding hydrogens is 205 g/mol. The lowest BCUT2D eigenvalue weighted by atomic mass is 9.99. The van der Waals surface area contributed by atoms with Crippen LogP contribution in [-0.2, 0) is 0 Å². The Kier molecular flexibility index (Phi) is 3.68. The van der Waals surface area contributed by atoms with E-state index in [2.05, 4.69) is 20.8 Å². The average Bonchev–Trinajstić information content (AvgIpc) is 2.28. The quantitative estimate of drug-likeness (QED) is 0.730. The molecule has 1 aromatic rings. The summed E-state index contributed by atoms with van der Waals surface area (Å²) >= 11 is 0. The minimum absolute atomic E-state index is 0.108. The van der Waals surface area contributed by atoms with E-state index in [1.807, 2.05) is 11.9 Å². The van der Waals surface area contributed by atoms with Gasteiger partial charge in [0.1, 0.15) is 12.1 Å². The third kappa shape index (κ3) is 2.40. The molecule has 0 bridgehead atoms. The standard InChI is InChI=1S/C13H18FNO/c1-5-13(2,3)15(4)12-7-6-10(9-16)8-11(12)14/h6-9H,5H2,1-4H3. The van der Waals surface area contributed by atoms with Crippen molar-refractivity contribution >= 4 is 12.0 Å². The molecule has 3 heteroatoms. The topological polar surface area (TPSA) is 20.3 Å².